The van der Waals surface area contributed by atoms with E-state index in [1.54, 1.807) is 4.90 Å². The predicted molar refractivity (Wildman–Crippen MR) is 67.9 cm³/mol. The Hall–Kier alpha value is -1.03. The number of alkyl halides is 2. The van der Waals surface area contributed by atoms with Crippen molar-refractivity contribution in [2.45, 2.75) is 45.6 Å². The second kappa shape index (κ2) is 4.92. The number of fused-ring (bicyclic) bond motifs is 1. The van der Waals surface area contributed by atoms with Gasteiger partial charge in [-0.05, 0) is 23.0 Å². The van der Waals surface area contributed by atoms with E-state index in [2.05, 4.69) is 31.8 Å². The molecule has 1 aliphatic rings. The van der Waals surface area contributed by atoms with Crippen LogP contribution in [0.1, 0.15) is 37.6 Å². The smallest absolute Gasteiger partial charge is 0.251 e. The number of nitrogens with zero attached hydrogens (tertiary/aromatic N) is 2. The highest BCUT2D eigenvalue weighted by Gasteiger charge is 2.22. The van der Waals surface area contributed by atoms with Crippen molar-refractivity contribution in [3.8, 4) is 0 Å². The first kappa shape index (κ1) is 13.4. The number of rotatable bonds is 2. The van der Waals surface area contributed by atoms with Crippen LogP contribution < -0.4 is 0 Å². The highest BCUT2D eigenvalue weighted by atomic mass is 19.3. The molecule has 0 unspecified atom stereocenters. The van der Waals surface area contributed by atoms with Gasteiger partial charge < -0.3 is 0 Å². The van der Waals surface area contributed by atoms with Gasteiger partial charge in [0.1, 0.15) is 0 Å². The summed E-state index contributed by atoms with van der Waals surface area (Å²) < 4.78 is 24.7. The van der Waals surface area contributed by atoms with Gasteiger partial charge in [-0.15, -0.1) is 0 Å². The molecule has 1 aromatic heterocycles. The van der Waals surface area contributed by atoms with Crippen LogP contribution in [0.2, 0.25) is 0 Å². The van der Waals surface area contributed by atoms with E-state index in [0.29, 0.717) is 13.1 Å². The minimum atomic E-state index is -2.26. The second-order valence-corrected chi connectivity index (χ2v) is 5.96. The number of hydrogen-bond acceptors (Lipinski definition) is 2. The Morgan fingerprint density at radius 3 is 2.72 bits per heavy atom. The maximum Gasteiger partial charge on any atom is 0.251 e. The van der Waals surface area contributed by atoms with Crippen molar-refractivity contribution in [1.82, 2.24) is 9.88 Å². The van der Waals surface area contributed by atoms with Gasteiger partial charge in [0.05, 0.1) is 12.2 Å². The topological polar surface area (TPSA) is 16.1 Å². The largest absolute Gasteiger partial charge is 0.292 e. The van der Waals surface area contributed by atoms with E-state index in [1.165, 1.54) is 11.1 Å². The minimum absolute atomic E-state index is 0.0855. The minimum Gasteiger partial charge on any atom is -0.292 e. The van der Waals surface area contributed by atoms with E-state index in [-0.39, 0.29) is 12.0 Å². The Bertz CT molecular complexity index is 424. The summed E-state index contributed by atoms with van der Waals surface area (Å²) in [6.07, 6.45) is 0.435. The zero-order chi connectivity index (χ0) is 13.3. The van der Waals surface area contributed by atoms with Crippen molar-refractivity contribution >= 4 is 0 Å². The number of halogens is 2. The molecule has 0 fully saturated rings. The molecule has 1 aliphatic heterocycles. The molecule has 0 bridgehead atoms. The lowest BCUT2D eigenvalue weighted by Gasteiger charge is -2.29. The van der Waals surface area contributed by atoms with Crippen LogP contribution >= 0.6 is 0 Å². The molecule has 1 aromatic rings. The lowest BCUT2D eigenvalue weighted by molar-refractivity contribution is 0.0812. The van der Waals surface area contributed by atoms with E-state index in [9.17, 15) is 8.78 Å². The van der Waals surface area contributed by atoms with E-state index < -0.39 is 6.43 Å². The van der Waals surface area contributed by atoms with Crippen LogP contribution in [0.4, 0.5) is 8.78 Å². The fraction of sp³-hybridized carbons (Fsp3) is 0.643. The Morgan fingerprint density at radius 2 is 2.11 bits per heavy atom. The van der Waals surface area contributed by atoms with Crippen molar-refractivity contribution in [3.63, 3.8) is 0 Å². The molecule has 2 heterocycles. The van der Waals surface area contributed by atoms with Crippen molar-refractivity contribution in [1.29, 1.82) is 0 Å². The molecule has 0 spiro atoms. The summed E-state index contributed by atoms with van der Waals surface area (Å²) in [5, 5.41) is 0. The van der Waals surface area contributed by atoms with Crippen molar-refractivity contribution in [2.75, 3.05) is 13.1 Å². The summed E-state index contributed by atoms with van der Waals surface area (Å²) in [6, 6.07) is 2.18. The lowest BCUT2D eigenvalue weighted by Crippen LogP contribution is -2.35. The summed E-state index contributed by atoms with van der Waals surface area (Å²) in [4.78, 5) is 6.23. The molecule has 0 aliphatic carbocycles. The molecule has 2 nitrogen and oxygen atoms in total. The average Bonchev–Trinajstić information content (AvgIpc) is 2.26. The van der Waals surface area contributed by atoms with Crippen molar-refractivity contribution in [2.24, 2.45) is 0 Å². The molecule has 0 atom stereocenters. The summed E-state index contributed by atoms with van der Waals surface area (Å²) in [6.45, 7) is 7.56. The molecule has 0 saturated carbocycles. The first-order valence-corrected chi connectivity index (χ1v) is 6.35. The lowest BCUT2D eigenvalue weighted by atomic mass is 9.86. The molecule has 100 valence electrons. The maximum absolute atomic E-state index is 12.4. The van der Waals surface area contributed by atoms with Crippen LogP contribution in [0.3, 0.4) is 0 Å². The number of hydrogen-bond donors (Lipinski definition) is 0. The third kappa shape index (κ3) is 3.05. The molecule has 18 heavy (non-hydrogen) atoms. The second-order valence-electron chi connectivity index (χ2n) is 5.96. The molecule has 0 radical (unpaired) electrons. The van der Waals surface area contributed by atoms with E-state index in [1.807, 2.05) is 6.20 Å². The molecule has 0 saturated heterocycles. The maximum atomic E-state index is 12.4. The Morgan fingerprint density at radius 1 is 1.39 bits per heavy atom. The van der Waals surface area contributed by atoms with Gasteiger partial charge in [-0.2, -0.15) is 0 Å². The van der Waals surface area contributed by atoms with Crippen molar-refractivity contribution < 1.29 is 8.78 Å². The van der Waals surface area contributed by atoms with Crippen LogP contribution in [0.5, 0.6) is 0 Å². The zero-order valence-corrected chi connectivity index (χ0v) is 11.2. The standard InChI is InChI=1S/C14H20F2N2/c1-14(2,3)11-6-10-4-5-18(9-13(15)16)8-12(10)17-7-11/h6-7,13H,4-5,8-9H2,1-3H3. The quantitative estimate of drug-likeness (QED) is 0.806. The Labute approximate surface area is 107 Å². The third-order valence-electron chi connectivity index (χ3n) is 3.39. The van der Waals surface area contributed by atoms with Crippen LogP contribution in [-0.2, 0) is 18.4 Å². The Balaban J connectivity index is 2.16. The van der Waals surface area contributed by atoms with Crippen molar-refractivity contribution in [3.05, 3.63) is 29.1 Å². The first-order chi connectivity index (χ1) is 8.36. The van der Waals surface area contributed by atoms with Gasteiger partial charge in [-0.3, -0.25) is 9.88 Å². The van der Waals surface area contributed by atoms with Crippen LogP contribution in [0.15, 0.2) is 12.3 Å². The summed E-state index contributed by atoms with van der Waals surface area (Å²) in [7, 11) is 0. The van der Waals surface area contributed by atoms with Crippen LogP contribution in [0.25, 0.3) is 0 Å². The molecule has 0 amide bonds. The zero-order valence-electron chi connectivity index (χ0n) is 11.2. The van der Waals surface area contributed by atoms with Gasteiger partial charge in [0.25, 0.3) is 6.43 Å². The van der Waals surface area contributed by atoms with Gasteiger partial charge in [0.2, 0.25) is 0 Å². The molecule has 0 aromatic carbocycles. The van der Waals surface area contributed by atoms with Crippen LogP contribution in [-0.4, -0.2) is 29.4 Å². The van der Waals surface area contributed by atoms with Gasteiger partial charge in [-0.25, -0.2) is 8.78 Å². The fourth-order valence-electron chi connectivity index (χ4n) is 2.23. The SMILES string of the molecule is CC(C)(C)c1cnc2c(c1)CCN(CC(F)F)C2. The van der Waals surface area contributed by atoms with E-state index in [4.69, 9.17) is 0 Å². The van der Waals surface area contributed by atoms with Gasteiger partial charge in [-0.1, -0.05) is 26.8 Å². The summed E-state index contributed by atoms with van der Waals surface area (Å²) in [5.41, 5.74) is 3.47. The summed E-state index contributed by atoms with van der Waals surface area (Å²) >= 11 is 0. The van der Waals surface area contributed by atoms with Gasteiger partial charge >= 0.3 is 0 Å². The Kier molecular flexibility index (Phi) is 3.66. The first-order valence-electron chi connectivity index (χ1n) is 6.35. The molecule has 0 N–H and O–H groups in total. The predicted octanol–water partition coefficient (Wildman–Crippen LogP) is 3.00. The van der Waals surface area contributed by atoms with E-state index in [0.717, 1.165) is 12.1 Å². The highest BCUT2D eigenvalue weighted by molar-refractivity contribution is 5.31. The number of pyridine rings is 1. The molecule has 4 heteroatoms. The average molecular weight is 254 g/mol. The molecular formula is C14H20F2N2. The number of aromatic nitrogens is 1. The monoisotopic (exact) mass is 254 g/mol. The van der Waals surface area contributed by atoms with Gasteiger partial charge in [0.15, 0.2) is 0 Å². The molecule has 2 rings (SSSR count). The normalized spacial score (nSPS) is 17.0. The molecular weight excluding hydrogens is 234 g/mol. The van der Waals surface area contributed by atoms with Crippen LogP contribution in [0, 0.1) is 0 Å². The third-order valence-corrected chi connectivity index (χ3v) is 3.39. The summed E-state index contributed by atoms with van der Waals surface area (Å²) in [5.74, 6) is 0. The van der Waals surface area contributed by atoms with Gasteiger partial charge in [0, 0.05) is 19.3 Å². The van der Waals surface area contributed by atoms with E-state index >= 15 is 0 Å². The fourth-order valence-corrected chi connectivity index (χ4v) is 2.23. The highest BCUT2D eigenvalue weighted by Crippen LogP contribution is 2.26.